The monoisotopic (exact) mass is 249 g/mol. The number of halogens is 2. The molecule has 2 aromatic rings. The fraction of sp³-hybridized carbons (Fsp3) is 0.0769. The second-order valence-corrected chi connectivity index (χ2v) is 3.58. The van der Waals surface area contributed by atoms with Crippen molar-refractivity contribution in [2.75, 3.05) is 7.11 Å². The van der Waals surface area contributed by atoms with Gasteiger partial charge in [-0.1, -0.05) is 0 Å². The molecular formula is C13H9F2NO2. The van der Waals surface area contributed by atoms with Crippen molar-refractivity contribution in [2.24, 2.45) is 0 Å². The number of ether oxygens (including phenoxy) is 1. The van der Waals surface area contributed by atoms with Crippen molar-refractivity contribution in [3.63, 3.8) is 0 Å². The molecule has 18 heavy (non-hydrogen) atoms. The van der Waals surface area contributed by atoms with Gasteiger partial charge in [0, 0.05) is 17.8 Å². The molecule has 2 rings (SSSR count). The molecule has 0 bridgehead atoms. The van der Waals surface area contributed by atoms with Crippen LogP contribution < -0.4 is 0 Å². The van der Waals surface area contributed by atoms with E-state index in [1.165, 1.54) is 31.5 Å². The van der Waals surface area contributed by atoms with E-state index in [4.69, 9.17) is 0 Å². The molecule has 1 heterocycles. The largest absolute Gasteiger partial charge is 0.465 e. The molecule has 0 spiro atoms. The van der Waals surface area contributed by atoms with Gasteiger partial charge in [-0.2, -0.15) is 0 Å². The van der Waals surface area contributed by atoms with Crippen molar-refractivity contribution in [1.82, 2.24) is 4.98 Å². The van der Waals surface area contributed by atoms with Gasteiger partial charge in [-0.3, -0.25) is 4.98 Å². The minimum atomic E-state index is -0.660. The number of hydrogen-bond acceptors (Lipinski definition) is 3. The van der Waals surface area contributed by atoms with Crippen LogP contribution in [0.25, 0.3) is 11.3 Å². The lowest BCUT2D eigenvalue weighted by atomic mass is 10.1. The first kappa shape index (κ1) is 12.2. The molecular weight excluding hydrogens is 240 g/mol. The summed E-state index contributed by atoms with van der Waals surface area (Å²) < 4.78 is 30.9. The number of aromatic nitrogens is 1. The smallest absolute Gasteiger partial charge is 0.337 e. The van der Waals surface area contributed by atoms with Gasteiger partial charge in [0.25, 0.3) is 0 Å². The quantitative estimate of drug-likeness (QED) is 0.768. The van der Waals surface area contributed by atoms with Gasteiger partial charge >= 0.3 is 5.97 Å². The Morgan fingerprint density at radius 1 is 1.17 bits per heavy atom. The number of carbonyl (C=O) groups is 1. The van der Waals surface area contributed by atoms with Gasteiger partial charge in [0.1, 0.15) is 11.6 Å². The zero-order valence-electron chi connectivity index (χ0n) is 9.48. The van der Waals surface area contributed by atoms with E-state index in [1.807, 2.05) is 0 Å². The fourth-order valence-corrected chi connectivity index (χ4v) is 1.54. The second kappa shape index (κ2) is 4.91. The lowest BCUT2D eigenvalue weighted by molar-refractivity contribution is 0.0600. The van der Waals surface area contributed by atoms with Crippen LogP contribution in [0.2, 0.25) is 0 Å². The highest BCUT2D eigenvalue weighted by Crippen LogP contribution is 2.21. The van der Waals surface area contributed by atoms with E-state index >= 15 is 0 Å². The fourth-order valence-electron chi connectivity index (χ4n) is 1.54. The summed E-state index contributed by atoms with van der Waals surface area (Å²) in [5.41, 5.74) is 0.619. The van der Waals surface area contributed by atoms with Crippen molar-refractivity contribution in [3.05, 3.63) is 53.7 Å². The first-order valence-corrected chi connectivity index (χ1v) is 5.11. The number of benzene rings is 1. The van der Waals surface area contributed by atoms with Gasteiger partial charge in [-0.15, -0.1) is 0 Å². The van der Waals surface area contributed by atoms with Crippen molar-refractivity contribution in [1.29, 1.82) is 0 Å². The predicted octanol–water partition coefficient (Wildman–Crippen LogP) is 2.81. The molecule has 0 N–H and O–H groups in total. The lowest BCUT2D eigenvalue weighted by Gasteiger charge is -2.04. The molecule has 1 aromatic carbocycles. The molecule has 92 valence electrons. The van der Waals surface area contributed by atoms with Crippen LogP contribution in [0.15, 0.2) is 36.5 Å². The Morgan fingerprint density at radius 3 is 2.61 bits per heavy atom. The molecule has 0 saturated carbocycles. The van der Waals surface area contributed by atoms with E-state index in [1.54, 1.807) is 0 Å². The minimum Gasteiger partial charge on any atom is -0.465 e. The first-order valence-electron chi connectivity index (χ1n) is 5.11. The highest BCUT2D eigenvalue weighted by atomic mass is 19.1. The van der Waals surface area contributed by atoms with Crippen LogP contribution in [0.3, 0.4) is 0 Å². The van der Waals surface area contributed by atoms with Gasteiger partial charge in [0.05, 0.1) is 18.4 Å². The highest BCUT2D eigenvalue weighted by molar-refractivity contribution is 5.90. The SMILES string of the molecule is COC(=O)c1cc(F)cc(-c2cc(F)ccn2)c1. The number of methoxy groups -OCH3 is 1. The normalized spacial score (nSPS) is 10.2. The zero-order chi connectivity index (χ0) is 13.1. The van der Waals surface area contributed by atoms with Gasteiger partial charge in [-0.25, -0.2) is 13.6 Å². The Kier molecular flexibility index (Phi) is 3.32. The van der Waals surface area contributed by atoms with Crippen LogP contribution in [0.4, 0.5) is 8.78 Å². The number of hydrogen-bond donors (Lipinski definition) is 0. The summed E-state index contributed by atoms with van der Waals surface area (Å²) in [5, 5.41) is 0. The van der Waals surface area contributed by atoms with Gasteiger partial charge in [-0.05, 0) is 24.3 Å². The van der Waals surface area contributed by atoms with E-state index in [-0.39, 0.29) is 11.3 Å². The maximum absolute atomic E-state index is 13.4. The molecule has 0 amide bonds. The molecule has 0 saturated heterocycles. The first-order chi connectivity index (χ1) is 8.60. The minimum absolute atomic E-state index is 0.0542. The second-order valence-electron chi connectivity index (χ2n) is 3.58. The standard InChI is InChI=1S/C13H9F2NO2/c1-18-13(17)9-4-8(5-11(15)6-9)12-7-10(14)2-3-16-12/h2-7H,1H3. The Bertz CT molecular complexity index is 599. The maximum atomic E-state index is 13.4. The summed E-state index contributed by atoms with van der Waals surface area (Å²) in [5.74, 6) is -1.75. The van der Waals surface area contributed by atoms with E-state index in [9.17, 15) is 13.6 Å². The van der Waals surface area contributed by atoms with Gasteiger partial charge in [0.15, 0.2) is 0 Å². The topological polar surface area (TPSA) is 39.2 Å². The van der Waals surface area contributed by atoms with E-state index < -0.39 is 17.6 Å². The third-order valence-electron chi connectivity index (χ3n) is 2.34. The number of pyridine rings is 1. The van der Waals surface area contributed by atoms with Gasteiger partial charge in [0.2, 0.25) is 0 Å². The molecule has 0 atom stereocenters. The van der Waals surface area contributed by atoms with Crippen LogP contribution in [0.5, 0.6) is 0 Å². The Labute approximate surface area is 102 Å². The molecule has 0 aliphatic carbocycles. The van der Waals surface area contributed by atoms with Gasteiger partial charge < -0.3 is 4.74 Å². The van der Waals surface area contributed by atoms with Crippen LogP contribution in [-0.4, -0.2) is 18.1 Å². The summed E-state index contributed by atoms with van der Waals surface area (Å²) in [7, 11) is 1.20. The molecule has 0 radical (unpaired) electrons. The number of rotatable bonds is 2. The van der Waals surface area contributed by atoms with Crippen LogP contribution >= 0.6 is 0 Å². The van der Waals surface area contributed by atoms with Crippen LogP contribution in [-0.2, 0) is 4.74 Å². The lowest BCUT2D eigenvalue weighted by Crippen LogP contribution is -2.02. The predicted molar refractivity (Wildman–Crippen MR) is 60.9 cm³/mol. The summed E-state index contributed by atoms with van der Waals surface area (Å²) >= 11 is 0. The Balaban J connectivity index is 2.51. The molecule has 0 aliphatic heterocycles. The third-order valence-corrected chi connectivity index (χ3v) is 2.34. The van der Waals surface area contributed by atoms with Crippen molar-refractivity contribution in [2.45, 2.75) is 0 Å². The van der Waals surface area contributed by atoms with E-state index in [0.717, 1.165) is 12.1 Å². The molecule has 0 unspecified atom stereocenters. The van der Waals surface area contributed by atoms with Crippen LogP contribution in [0, 0.1) is 11.6 Å². The Hall–Kier alpha value is -2.30. The Morgan fingerprint density at radius 2 is 1.94 bits per heavy atom. The van der Waals surface area contributed by atoms with Crippen molar-refractivity contribution < 1.29 is 18.3 Å². The molecule has 3 nitrogen and oxygen atoms in total. The number of nitrogens with zero attached hydrogens (tertiary/aromatic N) is 1. The molecule has 0 fully saturated rings. The average Bonchev–Trinajstić information content (AvgIpc) is 2.37. The number of carbonyl (C=O) groups excluding carboxylic acids is 1. The summed E-state index contributed by atoms with van der Waals surface area (Å²) in [6, 6.07) is 5.97. The maximum Gasteiger partial charge on any atom is 0.337 e. The molecule has 1 aromatic heterocycles. The zero-order valence-corrected chi connectivity index (χ0v) is 9.48. The van der Waals surface area contributed by atoms with Crippen LogP contribution in [0.1, 0.15) is 10.4 Å². The summed E-state index contributed by atoms with van der Waals surface area (Å²) in [6.45, 7) is 0. The third kappa shape index (κ3) is 2.51. The highest BCUT2D eigenvalue weighted by Gasteiger charge is 2.11. The van der Waals surface area contributed by atoms with Crippen molar-refractivity contribution in [3.8, 4) is 11.3 Å². The number of esters is 1. The van der Waals surface area contributed by atoms with E-state index in [0.29, 0.717) is 5.56 Å². The molecule has 0 aliphatic rings. The summed E-state index contributed by atoms with van der Waals surface area (Å²) in [4.78, 5) is 15.3. The average molecular weight is 249 g/mol. The van der Waals surface area contributed by atoms with E-state index in [2.05, 4.69) is 9.72 Å². The van der Waals surface area contributed by atoms with Crippen molar-refractivity contribution >= 4 is 5.97 Å². The molecule has 5 heteroatoms. The summed E-state index contributed by atoms with van der Waals surface area (Å²) in [6.07, 6.45) is 1.27.